The van der Waals surface area contributed by atoms with E-state index < -0.39 is 27.8 Å². The first-order valence-electron chi connectivity index (χ1n) is 11.2. The number of benzene rings is 1. The number of amides is 1. The summed E-state index contributed by atoms with van der Waals surface area (Å²) >= 11 is 0. The number of alkyl halides is 3. The lowest BCUT2D eigenvalue weighted by molar-refractivity contribution is -0.137. The topological polar surface area (TPSA) is 69.7 Å². The zero-order chi connectivity index (χ0) is 23.7. The van der Waals surface area contributed by atoms with Crippen molar-refractivity contribution in [3.63, 3.8) is 0 Å². The van der Waals surface area contributed by atoms with Crippen LogP contribution in [0.1, 0.15) is 58.4 Å². The largest absolute Gasteiger partial charge is 0.416 e. The highest BCUT2D eigenvalue weighted by atomic mass is 32.2. The zero-order valence-electron chi connectivity index (χ0n) is 18.7. The fourth-order valence-corrected chi connectivity index (χ4v) is 6.24. The third-order valence-corrected chi connectivity index (χ3v) is 8.23. The van der Waals surface area contributed by atoms with Crippen LogP contribution in [-0.4, -0.2) is 60.8 Å². The Kier molecular flexibility index (Phi) is 7.56. The summed E-state index contributed by atoms with van der Waals surface area (Å²) in [6.45, 7) is 6.25. The van der Waals surface area contributed by atoms with Crippen molar-refractivity contribution in [3.05, 3.63) is 29.8 Å². The van der Waals surface area contributed by atoms with Gasteiger partial charge in [-0.25, -0.2) is 8.42 Å². The van der Waals surface area contributed by atoms with Gasteiger partial charge in [0.1, 0.15) is 0 Å². The van der Waals surface area contributed by atoms with Crippen LogP contribution in [0.5, 0.6) is 0 Å². The molecule has 3 rings (SSSR count). The summed E-state index contributed by atoms with van der Waals surface area (Å²) in [5, 5.41) is 3.36. The van der Waals surface area contributed by atoms with Crippen molar-refractivity contribution in [3.8, 4) is 0 Å². The minimum absolute atomic E-state index is 0.0367. The SMILES string of the molecule is CCC(NC1CC1)C(=O)N1CCC(N(C(C)C)S(=O)(=O)c2cccc(C(F)(F)F)c2)CC1. The smallest absolute Gasteiger partial charge is 0.341 e. The normalized spacial score (nSPS) is 19.6. The minimum Gasteiger partial charge on any atom is -0.341 e. The van der Waals surface area contributed by atoms with Crippen LogP contribution >= 0.6 is 0 Å². The minimum atomic E-state index is -4.62. The Morgan fingerprint density at radius 3 is 2.31 bits per heavy atom. The molecule has 1 aromatic carbocycles. The van der Waals surface area contributed by atoms with E-state index >= 15 is 0 Å². The molecule has 10 heteroatoms. The number of hydrogen-bond donors (Lipinski definition) is 1. The van der Waals surface area contributed by atoms with Crippen LogP contribution in [0.3, 0.4) is 0 Å². The first kappa shape index (κ1) is 25.0. The van der Waals surface area contributed by atoms with Crippen LogP contribution in [0.25, 0.3) is 0 Å². The third kappa shape index (κ3) is 5.63. The van der Waals surface area contributed by atoms with Crippen molar-refractivity contribution < 1.29 is 26.4 Å². The summed E-state index contributed by atoms with van der Waals surface area (Å²) in [7, 11) is -4.13. The molecule has 1 amide bonds. The van der Waals surface area contributed by atoms with Gasteiger partial charge < -0.3 is 10.2 Å². The fraction of sp³-hybridized carbons (Fsp3) is 0.682. The van der Waals surface area contributed by atoms with Crippen molar-refractivity contribution in [2.75, 3.05) is 13.1 Å². The third-order valence-electron chi connectivity index (χ3n) is 6.10. The van der Waals surface area contributed by atoms with Crippen LogP contribution < -0.4 is 5.32 Å². The van der Waals surface area contributed by atoms with Crippen LogP contribution in [0.4, 0.5) is 13.2 Å². The molecule has 2 aliphatic rings. The van der Waals surface area contributed by atoms with Gasteiger partial charge in [0.05, 0.1) is 16.5 Å². The molecule has 180 valence electrons. The molecule has 32 heavy (non-hydrogen) atoms. The number of carbonyl (C=O) groups is 1. The average molecular weight is 476 g/mol. The summed E-state index contributed by atoms with van der Waals surface area (Å²) < 4.78 is 67.3. The lowest BCUT2D eigenvalue weighted by atomic mass is 10.0. The van der Waals surface area contributed by atoms with E-state index in [1.165, 1.54) is 10.4 Å². The molecule has 1 saturated heterocycles. The molecule has 1 unspecified atom stereocenters. The van der Waals surface area contributed by atoms with Gasteiger partial charge in [-0.05, 0) is 64.2 Å². The van der Waals surface area contributed by atoms with E-state index in [0.717, 1.165) is 25.0 Å². The Morgan fingerprint density at radius 2 is 1.81 bits per heavy atom. The quantitative estimate of drug-likeness (QED) is 0.624. The van der Waals surface area contributed by atoms with Gasteiger partial charge in [-0.1, -0.05) is 13.0 Å². The maximum atomic E-state index is 13.3. The number of halogens is 3. The van der Waals surface area contributed by atoms with Crippen molar-refractivity contribution in [1.82, 2.24) is 14.5 Å². The van der Waals surface area contributed by atoms with E-state index in [1.807, 2.05) is 6.92 Å². The number of piperidine rings is 1. The lowest BCUT2D eigenvalue weighted by Gasteiger charge is -2.40. The molecule has 1 heterocycles. The van der Waals surface area contributed by atoms with Crippen molar-refractivity contribution in [2.45, 2.75) is 88.1 Å². The van der Waals surface area contributed by atoms with Crippen LogP contribution in [0.2, 0.25) is 0 Å². The molecule has 1 saturated carbocycles. The first-order chi connectivity index (χ1) is 14.9. The summed E-state index contributed by atoms with van der Waals surface area (Å²) in [5.74, 6) is 0.0367. The summed E-state index contributed by atoms with van der Waals surface area (Å²) in [6, 6.07) is 3.25. The second-order valence-corrected chi connectivity index (χ2v) is 10.8. The molecule has 0 spiro atoms. The van der Waals surface area contributed by atoms with E-state index in [0.29, 0.717) is 44.5 Å². The highest BCUT2D eigenvalue weighted by Gasteiger charge is 2.39. The Bertz CT molecular complexity index is 908. The number of sulfonamides is 1. The Morgan fingerprint density at radius 1 is 1.19 bits per heavy atom. The molecule has 0 radical (unpaired) electrons. The first-order valence-corrected chi connectivity index (χ1v) is 12.6. The summed E-state index contributed by atoms with van der Waals surface area (Å²) in [6.07, 6.45) is -0.864. The number of nitrogens with zero attached hydrogens (tertiary/aromatic N) is 2. The van der Waals surface area contributed by atoms with Gasteiger partial charge in [-0.3, -0.25) is 4.79 Å². The van der Waals surface area contributed by atoms with Gasteiger partial charge in [0.15, 0.2) is 0 Å². The maximum absolute atomic E-state index is 13.3. The van der Waals surface area contributed by atoms with Crippen LogP contribution in [-0.2, 0) is 21.0 Å². The van der Waals surface area contributed by atoms with Crippen LogP contribution in [0.15, 0.2) is 29.2 Å². The highest BCUT2D eigenvalue weighted by Crippen LogP contribution is 2.33. The van der Waals surface area contributed by atoms with Gasteiger partial charge in [0.2, 0.25) is 15.9 Å². The fourth-order valence-electron chi connectivity index (χ4n) is 4.31. The molecule has 1 aliphatic carbocycles. The molecule has 1 aromatic rings. The van der Waals surface area contributed by atoms with Gasteiger partial charge in [-0.2, -0.15) is 17.5 Å². The van der Waals surface area contributed by atoms with Gasteiger partial charge >= 0.3 is 6.18 Å². The molecular weight excluding hydrogens is 443 g/mol. The molecule has 0 aromatic heterocycles. The van der Waals surface area contributed by atoms with E-state index in [4.69, 9.17) is 0 Å². The molecule has 0 bridgehead atoms. The number of likely N-dealkylation sites (tertiary alicyclic amines) is 1. The highest BCUT2D eigenvalue weighted by molar-refractivity contribution is 7.89. The number of carbonyl (C=O) groups excluding carboxylic acids is 1. The Balaban J connectivity index is 1.73. The molecule has 1 N–H and O–H groups in total. The molecule has 1 aliphatic heterocycles. The maximum Gasteiger partial charge on any atom is 0.416 e. The van der Waals surface area contributed by atoms with Crippen LogP contribution in [0, 0.1) is 0 Å². The predicted octanol–water partition coefficient (Wildman–Crippen LogP) is 3.63. The summed E-state index contributed by atoms with van der Waals surface area (Å²) in [4.78, 5) is 14.3. The summed E-state index contributed by atoms with van der Waals surface area (Å²) in [5.41, 5.74) is -0.989. The number of nitrogens with one attached hydrogen (secondary N) is 1. The van der Waals surface area contributed by atoms with Crippen molar-refractivity contribution >= 4 is 15.9 Å². The average Bonchev–Trinajstić information content (AvgIpc) is 3.55. The van der Waals surface area contributed by atoms with E-state index in [2.05, 4.69) is 5.32 Å². The number of rotatable bonds is 8. The number of hydrogen-bond acceptors (Lipinski definition) is 4. The van der Waals surface area contributed by atoms with Gasteiger partial charge in [0, 0.05) is 31.2 Å². The van der Waals surface area contributed by atoms with E-state index in [-0.39, 0.29) is 22.9 Å². The molecular formula is C22H32F3N3O3S. The monoisotopic (exact) mass is 475 g/mol. The second kappa shape index (κ2) is 9.69. The van der Waals surface area contributed by atoms with Gasteiger partial charge in [-0.15, -0.1) is 0 Å². The molecule has 6 nitrogen and oxygen atoms in total. The zero-order valence-corrected chi connectivity index (χ0v) is 19.5. The van der Waals surface area contributed by atoms with Gasteiger partial charge in [0.25, 0.3) is 0 Å². The second-order valence-electron chi connectivity index (χ2n) is 8.91. The Hall–Kier alpha value is -1.65. The lowest BCUT2D eigenvalue weighted by Crippen LogP contribution is -2.54. The predicted molar refractivity (Wildman–Crippen MR) is 115 cm³/mol. The van der Waals surface area contributed by atoms with E-state index in [9.17, 15) is 26.4 Å². The van der Waals surface area contributed by atoms with Crippen molar-refractivity contribution in [1.29, 1.82) is 0 Å². The standard InChI is InChI=1S/C22H32F3N3O3S/c1-4-20(26-17-8-9-17)21(29)27-12-10-18(11-13-27)28(15(2)3)32(30,31)19-7-5-6-16(14-19)22(23,24)25/h5-7,14-15,17-18,20,26H,4,8-13H2,1-3H3. The molecule has 2 fully saturated rings. The van der Waals surface area contributed by atoms with Crippen molar-refractivity contribution in [2.24, 2.45) is 0 Å². The van der Waals surface area contributed by atoms with E-state index in [1.54, 1.807) is 18.7 Å². The Labute approximate surface area is 188 Å². The molecule has 1 atom stereocenters.